The first-order valence-electron chi connectivity index (χ1n) is 7.75. The summed E-state index contributed by atoms with van der Waals surface area (Å²) < 4.78 is 5.33. The summed E-state index contributed by atoms with van der Waals surface area (Å²) in [6.07, 6.45) is 1.60. The number of rotatable bonds is 5. The highest BCUT2D eigenvalue weighted by Crippen LogP contribution is 2.22. The highest BCUT2D eigenvalue weighted by Gasteiger charge is 2.30. The van der Waals surface area contributed by atoms with Gasteiger partial charge in [0.05, 0.1) is 12.8 Å². The number of furan rings is 1. The predicted octanol–water partition coefficient (Wildman–Crippen LogP) is 2.67. The molecule has 2 amide bonds. The number of carbonyl (C=O) groups excluding carboxylic acids is 2. The Kier molecular flexibility index (Phi) is 4.19. The molecule has 120 valence electrons. The Morgan fingerprint density at radius 2 is 2.04 bits per heavy atom. The lowest BCUT2D eigenvalue weighted by Gasteiger charge is -2.28. The number of nitrogens with zero attached hydrogens (tertiary/aromatic N) is 2. The van der Waals surface area contributed by atoms with Gasteiger partial charge >= 0.3 is 0 Å². The van der Waals surface area contributed by atoms with Crippen LogP contribution in [0.25, 0.3) is 0 Å². The third-order valence-electron chi connectivity index (χ3n) is 4.07. The van der Waals surface area contributed by atoms with Crippen molar-refractivity contribution in [3.05, 3.63) is 59.5 Å². The van der Waals surface area contributed by atoms with Gasteiger partial charge in [0.2, 0.25) is 5.91 Å². The first-order chi connectivity index (χ1) is 11.1. The van der Waals surface area contributed by atoms with E-state index in [0.717, 1.165) is 11.3 Å². The number of amides is 2. The molecule has 23 heavy (non-hydrogen) atoms. The molecule has 1 aromatic carbocycles. The Labute approximate surface area is 135 Å². The van der Waals surface area contributed by atoms with Crippen LogP contribution in [-0.4, -0.2) is 34.2 Å². The lowest BCUT2D eigenvalue weighted by Crippen LogP contribution is -2.43. The van der Waals surface area contributed by atoms with E-state index in [2.05, 4.69) is 0 Å². The Balaban J connectivity index is 1.69. The van der Waals surface area contributed by atoms with Crippen LogP contribution >= 0.6 is 0 Å². The molecule has 1 aliphatic heterocycles. The summed E-state index contributed by atoms with van der Waals surface area (Å²) in [5.41, 5.74) is 1.68. The molecule has 1 aromatic heterocycles. The van der Waals surface area contributed by atoms with Gasteiger partial charge in [-0.15, -0.1) is 0 Å². The third kappa shape index (κ3) is 3.13. The van der Waals surface area contributed by atoms with Crippen LogP contribution in [0.4, 0.5) is 0 Å². The lowest BCUT2D eigenvalue weighted by molar-refractivity contribution is -0.134. The van der Waals surface area contributed by atoms with E-state index in [0.29, 0.717) is 18.7 Å². The topological polar surface area (TPSA) is 53.8 Å². The van der Waals surface area contributed by atoms with Gasteiger partial charge in [-0.1, -0.05) is 18.2 Å². The second kappa shape index (κ2) is 6.28. The van der Waals surface area contributed by atoms with E-state index in [9.17, 15) is 9.59 Å². The molecule has 2 heterocycles. The number of carbonyl (C=O) groups is 2. The van der Waals surface area contributed by atoms with Crippen molar-refractivity contribution in [3.63, 3.8) is 0 Å². The maximum atomic E-state index is 12.7. The maximum absolute atomic E-state index is 12.7. The fraction of sp³-hybridized carbons (Fsp3) is 0.333. The second-order valence-electron chi connectivity index (χ2n) is 6.01. The van der Waals surface area contributed by atoms with Crippen LogP contribution in [0.3, 0.4) is 0 Å². The van der Waals surface area contributed by atoms with Crippen molar-refractivity contribution in [1.29, 1.82) is 0 Å². The van der Waals surface area contributed by atoms with Crippen molar-refractivity contribution >= 4 is 11.8 Å². The normalized spacial score (nSPS) is 13.5. The van der Waals surface area contributed by atoms with Crippen molar-refractivity contribution in [2.24, 2.45) is 0 Å². The first-order valence-corrected chi connectivity index (χ1v) is 7.75. The summed E-state index contributed by atoms with van der Waals surface area (Å²) in [4.78, 5) is 28.4. The van der Waals surface area contributed by atoms with Crippen molar-refractivity contribution in [1.82, 2.24) is 9.80 Å². The van der Waals surface area contributed by atoms with Gasteiger partial charge in [0, 0.05) is 18.2 Å². The highest BCUT2D eigenvalue weighted by molar-refractivity contribution is 6.00. The summed E-state index contributed by atoms with van der Waals surface area (Å²) in [6.45, 7) is 4.92. The van der Waals surface area contributed by atoms with Crippen molar-refractivity contribution < 1.29 is 14.0 Å². The van der Waals surface area contributed by atoms with Crippen molar-refractivity contribution in [2.45, 2.75) is 33.0 Å². The second-order valence-corrected chi connectivity index (χ2v) is 6.01. The van der Waals surface area contributed by atoms with Crippen LogP contribution in [0, 0.1) is 0 Å². The molecule has 1 aliphatic rings. The Hall–Kier alpha value is -2.56. The molecular weight excluding hydrogens is 292 g/mol. The maximum Gasteiger partial charge on any atom is 0.254 e. The van der Waals surface area contributed by atoms with Crippen LogP contribution in [0.15, 0.2) is 47.1 Å². The van der Waals surface area contributed by atoms with Crippen molar-refractivity contribution in [3.8, 4) is 0 Å². The lowest BCUT2D eigenvalue weighted by atomic mass is 10.1. The zero-order chi connectivity index (χ0) is 16.4. The van der Waals surface area contributed by atoms with Gasteiger partial charge in [-0.2, -0.15) is 0 Å². The standard InChI is InChI=1S/C18H20N2O3/c1-13(2)20(11-15-7-5-9-23-15)17(21)12-19-10-14-6-3-4-8-16(14)18(19)22/h3-9,13H,10-12H2,1-2H3. The van der Waals surface area contributed by atoms with Crippen molar-refractivity contribution in [2.75, 3.05) is 6.54 Å². The molecule has 0 fully saturated rings. The van der Waals surface area contributed by atoms with E-state index < -0.39 is 0 Å². The Morgan fingerprint density at radius 3 is 2.70 bits per heavy atom. The third-order valence-corrected chi connectivity index (χ3v) is 4.07. The number of fused-ring (bicyclic) bond motifs is 1. The summed E-state index contributed by atoms with van der Waals surface area (Å²) >= 11 is 0. The van der Waals surface area contributed by atoms with Crippen LogP contribution in [0.1, 0.15) is 35.5 Å². The fourth-order valence-electron chi connectivity index (χ4n) is 2.83. The minimum Gasteiger partial charge on any atom is -0.467 e. The average Bonchev–Trinajstić information content (AvgIpc) is 3.14. The Bertz CT molecular complexity index is 707. The Morgan fingerprint density at radius 1 is 1.26 bits per heavy atom. The minimum absolute atomic E-state index is 0.0349. The summed E-state index contributed by atoms with van der Waals surface area (Å²) in [5.74, 6) is 0.594. The van der Waals surface area contributed by atoms with Gasteiger partial charge in [-0.05, 0) is 37.6 Å². The molecule has 0 saturated carbocycles. The molecule has 0 unspecified atom stereocenters. The van der Waals surface area contributed by atoms with Gasteiger partial charge in [0.1, 0.15) is 12.3 Å². The van der Waals surface area contributed by atoms with E-state index in [1.807, 2.05) is 44.2 Å². The number of hydrogen-bond donors (Lipinski definition) is 0. The van der Waals surface area contributed by atoms with Crippen LogP contribution in [0.2, 0.25) is 0 Å². The molecule has 2 aromatic rings. The molecule has 0 spiro atoms. The monoisotopic (exact) mass is 312 g/mol. The van der Waals surface area contributed by atoms with E-state index in [-0.39, 0.29) is 24.4 Å². The van der Waals surface area contributed by atoms with Crippen LogP contribution < -0.4 is 0 Å². The highest BCUT2D eigenvalue weighted by atomic mass is 16.3. The molecule has 5 heteroatoms. The van der Waals surface area contributed by atoms with E-state index in [4.69, 9.17) is 4.42 Å². The largest absolute Gasteiger partial charge is 0.467 e. The zero-order valence-electron chi connectivity index (χ0n) is 13.4. The predicted molar refractivity (Wildman–Crippen MR) is 85.6 cm³/mol. The quantitative estimate of drug-likeness (QED) is 0.853. The molecule has 0 radical (unpaired) electrons. The van der Waals surface area contributed by atoms with E-state index in [1.54, 1.807) is 22.1 Å². The molecule has 3 rings (SSSR count). The summed E-state index contributed by atoms with van der Waals surface area (Å²) in [6, 6.07) is 11.2. The first kappa shape index (κ1) is 15.3. The van der Waals surface area contributed by atoms with E-state index >= 15 is 0 Å². The van der Waals surface area contributed by atoms with Gasteiger partial charge in [0.15, 0.2) is 0 Å². The summed E-state index contributed by atoms with van der Waals surface area (Å²) in [5, 5.41) is 0. The zero-order valence-corrected chi connectivity index (χ0v) is 13.4. The number of hydrogen-bond acceptors (Lipinski definition) is 3. The molecule has 5 nitrogen and oxygen atoms in total. The minimum atomic E-state index is -0.0735. The molecule has 0 atom stereocenters. The van der Waals surface area contributed by atoms with Gasteiger partial charge in [-0.25, -0.2) is 0 Å². The molecule has 0 N–H and O–H groups in total. The SMILES string of the molecule is CC(C)N(Cc1ccco1)C(=O)CN1Cc2ccccc2C1=O. The molecule has 0 bridgehead atoms. The smallest absolute Gasteiger partial charge is 0.254 e. The molecule has 0 saturated heterocycles. The molecule has 0 aliphatic carbocycles. The molecular formula is C18H20N2O3. The van der Waals surface area contributed by atoms with E-state index in [1.165, 1.54) is 0 Å². The van der Waals surface area contributed by atoms with Gasteiger partial charge in [-0.3, -0.25) is 9.59 Å². The van der Waals surface area contributed by atoms with Crippen LogP contribution in [-0.2, 0) is 17.9 Å². The summed E-state index contributed by atoms with van der Waals surface area (Å²) in [7, 11) is 0. The fourth-order valence-corrected chi connectivity index (χ4v) is 2.83. The van der Waals surface area contributed by atoms with Crippen LogP contribution in [0.5, 0.6) is 0 Å². The van der Waals surface area contributed by atoms with Gasteiger partial charge < -0.3 is 14.2 Å². The average molecular weight is 312 g/mol. The number of benzene rings is 1. The van der Waals surface area contributed by atoms with Gasteiger partial charge in [0.25, 0.3) is 5.91 Å².